The van der Waals surface area contributed by atoms with Gasteiger partial charge in [0.15, 0.2) is 11.9 Å². The fraction of sp³-hybridized carbons (Fsp3) is 0.914. The zero-order valence-electron chi connectivity index (χ0n) is 29.5. The minimum atomic E-state index is -4.87. The molecular formula is C35H54O13S. The van der Waals surface area contributed by atoms with Gasteiger partial charge in [-0.1, -0.05) is 39.3 Å². The highest BCUT2D eigenvalue weighted by Gasteiger charge is 2.87. The first-order chi connectivity index (χ1) is 22.5. The van der Waals surface area contributed by atoms with Gasteiger partial charge in [0.1, 0.15) is 35.4 Å². The predicted octanol–water partition coefficient (Wildman–Crippen LogP) is 2.58. The normalized spacial score (nSPS) is 53.2. The highest BCUT2D eigenvalue weighted by Crippen LogP contribution is 2.77. The molecule has 0 aromatic heterocycles. The molecule has 3 saturated heterocycles. The van der Waals surface area contributed by atoms with E-state index in [9.17, 15) is 33.6 Å². The van der Waals surface area contributed by atoms with E-state index >= 15 is 0 Å². The van der Waals surface area contributed by atoms with Crippen LogP contribution in [0.3, 0.4) is 0 Å². The predicted molar refractivity (Wildman–Crippen MR) is 172 cm³/mol. The second-order valence-electron chi connectivity index (χ2n) is 17.9. The second-order valence-corrected chi connectivity index (χ2v) is 18.9. The maximum atomic E-state index is 14.3. The van der Waals surface area contributed by atoms with Crippen molar-refractivity contribution in [2.45, 2.75) is 160 Å². The Morgan fingerprint density at radius 3 is 2.22 bits per heavy atom. The highest BCUT2D eigenvalue weighted by molar-refractivity contribution is 7.80. The molecule has 0 bridgehead atoms. The SMILES string of the molecule is CC1(C)CCC(C2(C)OC(=O)C34C(O)C=C5C(CCC6C5(C)CCC(OC5OCC(OS(=O)(=O)O)C(O)C5O)C6(C)C)C3(C)CCC24O)O1. The van der Waals surface area contributed by atoms with Crippen LogP contribution in [0.1, 0.15) is 99.8 Å². The average molecular weight is 715 g/mol. The number of hydrogen-bond acceptors (Lipinski definition) is 12. The van der Waals surface area contributed by atoms with Gasteiger partial charge in [0.05, 0.1) is 24.4 Å². The first kappa shape index (κ1) is 36.2. The third-order valence-electron chi connectivity index (χ3n) is 14.8. The zero-order valence-corrected chi connectivity index (χ0v) is 30.4. The molecule has 3 heterocycles. The Labute approximate surface area is 288 Å². The van der Waals surface area contributed by atoms with Crippen LogP contribution in [0.4, 0.5) is 0 Å². The molecule has 49 heavy (non-hydrogen) atoms. The summed E-state index contributed by atoms with van der Waals surface area (Å²) in [6.45, 7) is 13.9. The fourth-order valence-corrected chi connectivity index (χ4v) is 12.8. The summed E-state index contributed by atoms with van der Waals surface area (Å²) >= 11 is 0. The lowest BCUT2D eigenvalue weighted by Gasteiger charge is -2.64. The van der Waals surface area contributed by atoms with Crippen LogP contribution in [-0.2, 0) is 38.3 Å². The molecule has 6 fully saturated rings. The lowest BCUT2D eigenvalue weighted by molar-refractivity contribution is -0.300. The van der Waals surface area contributed by atoms with Crippen LogP contribution in [0, 0.1) is 33.5 Å². The Balaban J connectivity index is 1.16. The Morgan fingerprint density at radius 2 is 1.59 bits per heavy atom. The Bertz CT molecular complexity index is 1530. The van der Waals surface area contributed by atoms with Crippen LogP contribution in [0.2, 0.25) is 0 Å². The van der Waals surface area contributed by atoms with Gasteiger partial charge >= 0.3 is 16.4 Å². The molecule has 1 spiro atoms. The largest absolute Gasteiger partial charge is 0.453 e. The molecule has 13 nitrogen and oxygen atoms in total. The third-order valence-corrected chi connectivity index (χ3v) is 15.3. The topological polar surface area (TPSA) is 199 Å². The van der Waals surface area contributed by atoms with Crippen molar-refractivity contribution in [3.05, 3.63) is 11.6 Å². The summed E-state index contributed by atoms with van der Waals surface area (Å²) in [7, 11) is -4.87. The maximum absolute atomic E-state index is 14.3. The van der Waals surface area contributed by atoms with Gasteiger partial charge in [-0.05, 0) is 100 Å². The van der Waals surface area contributed by atoms with E-state index in [2.05, 4.69) is 31.9 Å². The molecule has 14 unspecified atom stereocenters. The number of carbonyl (C=O) groups is 1. The standard InChI is InChI=1S/C35H54O13S/c1-29(2)12-10-24(46-29)33(7)34(40)15-14-32(6)18-8-9-21-30(3,4)23(45-27-26(38)25(37)20(17-44-27)48-49(41,42)43)11-13-31(21,5)19(18)16-22(36)35(32,34)28(39)47-33/h16,18,20-27,36-38,40H,8-15,17H2,1-7H3,(H,41,42,43). The van der Waals surface area contributed by atoms with Crippen molar-refractivity contribution in [1.29, 1.82) is 0 Å². The van der Waals surface area contributed by atoms with Crippen LogP contribution in [0.15, 0.2) is 11.6 Å². The molecule has 0 aromatic rings. The molecule has 14 heteroatoms. The van der Waals surface area contributed by atoms with E-state index in [1.807, 2.05) is 19.9 Å². The summed E-state index contributed by atoms with van der Waals surface area (Å²) in [6, 6.07) is 0. The molecular weight excluding hydrogens is 660 g/mol. The second kappa shape index (κ2) is 10.9. The van der Waals surface area contributed by atoms with Crippen LogP contribution in [-0.4, -0.2) is 106 Å². The zero-order chi connectivity index (χ0) is 36.0. The summed E-state index contributed by atoms with van der Waals surface area (Å²) in [5, 5.41) is 46.4. The number of cyclic esters (lactones) is 1. The van der Waals surface area contributed by atoms with Crippen molar-refractivity contribution in [1.82, 2.24) is 0 Å². The molecule has 14 atom stereocenters. The van der Waals surface area contributed by atoms with E-state index < -0.39 is 98.9 Å². The molecule has 7 aliphatic rings. The minimum absolute atomic E-state index is 0.0718. The van der Waals surface area contributed by atoms with Crippen molar-refractivity contribution in [2.24, 2.45) is 33.5 Å². The number of ether oxygens (including phenoxy) is 4. The van der Waals surface area contributed by atoms with E-state index in [-0.39, 0.29) is 17.3 Å². The number of allylic oxidation sites excluding steroid dienone is 1. The van der Waals surface area contributed by atoms with Crippen molar-refractivity contribution >= 4 is 16.4 Å². The lowest BCUT2D eigenvalue weighted by atomic mass is 9.40. The number of aliphatic hydroxyl groups is 4. The summed E-state index contributed by atoms with van der Waals surface area (Å²) in [5.74, 6) is -0.549. The Kier molecular flexibility index (Phi) is 8.06. The molecule has 3 aliphatic heterocycles. The van der Waals surface area contributed by atoms with E-state index in [1.165, 1.54) is 0 Å². The molecule has 0 radical (unpaired) electrons. The molecule has 0 aromatic carbocycles. The highest BCUT2D eigenvalue weighted by atomic mass is 32.3. The number of fused-ring (bicyclic) bond motifs is 4. The van der Waals surface area contributed by atoms with Crippen LogP contribution in [0.5, 0.6) is 0 Å². The third kappa shape index (κ3) is 4.67. The summed E-state index contributed by atoms with van der Waals surface area (Å²) in [4.78, 5) is 14.3. The van der Waals surface area contributed by atoms with E-state index in [4.69, 9.17) is 23.5 Å². The van der Waals surface area contributed by atoms with Crippen molar-refractivity contribution in [3.8, 4) is 0 Å². The Morgan fingerprint density at radius 1 is 0.898 bits per heavy atom. The van der Waals surface area contributed by atoms with Crippen LogP contribution >= 0.6 is 0 Å². The minimum Gasteiger partial charge on any atom is -0.453 e. The smallest absolute Gasteiger partial charge is 0.397 e. The summed E-state index contributed by atoms with van der Waals surface area (Å²) in [6.07, 6.45) is -1.27. The lowest BCUT2D eigenvalue weighted by Crippen LogP contribution is -2.69. The number of carbonyl (C=O) groups excluding carboxylic acids is 1. The molecule has 278 valence electrons. The van der Waals surface area contributed by atoms with Gasteiger partial charge in [-0.25, -0.2) is 4.18 Å². The molecule has 4 aliphatic carbocycles. The van der Waals surface area contributed by atoms with E-state index in [1.54, 1.807) is 6.92 Å². The number of rotatable bonds is 5. The Hall–Kier alpha value is -1.20. The summed E-state index contributed by atoms with van der Waals surface area (Å²) in [5.41, 5.74) is -5.38. The average Bonchev–Trinajstić information content (AvgIpc) is 3.55. The summed E-state index contributed by atoms with van der Waals surface area (Å²) < 4.78 is 60.5. The van der Waals surface area contributed by atoms with Gasteiger partial charge in [0.25, 0.3) is 0 Å². The maximum Gasteiger partial charge on any atom is 0.397 e. The molecule has 0 amide bonds. The monoisotopic (exact) mass is 714 g/mol. The van der Waals surface area contributed by atoms with E-state index in [0.29, 0.717) is 32.1 Å². The van der Waals surface area contributed by atoms with Gasteiger partial charge in [-0.2, -0.15) is 8.42 Å². The van der Waals surface area contributed by atoms with Gasteiger partial charge in [0, 0.05) is 0 Å². The van der Waals surface area contributed by atoms with Gasteiger partial charge in [0.2, 0.25) is 0 Å². The first-order valence-corrected chi connectivity index (χ1v) is 19.2. The van der Waals surface area contributed by atoms with Crippen molar-refractivity contribution < 1.29 is 61.3 Å². The quantitative estimate of drug-likeness (QED) is 0.121. The molecule has 5 N–H and O–H groups in total. The fourth-order valence-electron chi connectivity index (χ4n) is 12.3. The van der Waals surface area contributed by atoms with Gasteiger partial charge in [-0.15, -0.1) is 0 Å². The van der Waals surface area contributed by atoms with E-state index in [0.717, 1.165) is 24.8 Å². The van der Waals surface area contributed by atoms with Crippen LogP contribution < -0.4 is 0 Å². The van der Waals surface area contributed by atoms with Crippen LogP contribution in [0.25, 0.3) is 0 Å². The number of hydrogen-bond donors (Lipinski definition) is 5. The first-order valence-electron chi connectivity index (χ1n) is 17.8. The van der Waals surface area contributed by atoms with Gasteiger partial charge < -0.3 is 39.4 Å². The molecule has 3 saturated carbocycles. The van der Waals surface area contributed by atoms with Crippen molar-refractivity contribution in [3.63, 3.8) is 0 Å². The number of esters is 1. The number of aliphatic hydroxyl groups excluding tert-OH is 3. The molecule has 7 rings (SSSR count). The van der Waals surface area contributed by atoms with Crippen molar-refractivity contribution in [2.75, 3.05) is 6.61 Å². The van der Waals surface area contributed by atoms with Gasteiger partial charge in [-0.3, -0.25) is 9.35 Å².